The standard InChI is InChI=1S/C16H16N4O3S/c21-15(19-12-7-9-5-6-11(12)18-9)14-8-17-16(24-14)10-3-1-2-4-13(10)20(22)23/h1-4,8-9,11-12,18H,5-7H2,(H,19,21)/t9-,11+,12-/m1/s1. The molecule has 2 N–H and O–H groups in total. The van der Waals surface area contributed by atoms with Gasteiger partial charge in [-0.3, -0.25) is 14.9 Å². The molecule has 3 atom stereocenters. The number of carbonyl (C=O) groups excluding carboxylic acids is 1. The average Bonchev–Trinajstić information content (AvgIpc) is 3.31. The molecule has 0 aliphatic carbocycles. The zero-order valence-corrected chi connectivity index (χ0v) is 13.6. The summed E-state index contributed by atoms with van der Waals surface area (Å²) in [5.41, 5.74) is 0.434. The van der Waals surface area contributed by atoms with Crippen LogP contribution in [0.15, 0.2) is 30.5 Å². The summed E-state index contributed by atoms with van der Waals surface area (Å²) in [6, 6.07) is 7.48. The van der Waals surface area contributed by atoms with Gasteiger partial charge in [-0.25, -0.2) is 4.98 Å². The molecular weight excluding hydrogens is 328 g/mol. The van der Waals surface area contributed by atoms with Gasteiger partial charge in [0.05, 0.1) is 16.7 Å². The number of nitrogens with one attached hydrogen (secondary N) is 2. The third kappa shape index (κ3) is 2.67. The van der Waals surface area contributed by atoms with Crippen molar-refractivity contribution in [2.24, 2.45) is 0 Å². The van der Waals surface area contributed by atoms with Gasteiger partial charge < -0.3 is 10.6 Å². The van der Waals surface area contributed by atoms with Crippen LogP contribution in [0.1, 0.15) is 28.9 Å². The van der Waals surface area contributed by atoms with Crippen LogP contribution >= 0.6 is 11.3 Å². The largest absolute Gasteiger partial charge is 0.347 e. The van der Waals surface area contributed by atoms with E-state index in [1.165, 1.54) is 30.0 Å². The molecule has 3 heterocycles. The number of hydrogen-bond donors (Lipinski definition) is 2. The van der Waals surface area contributed by atoms with Crippen LogP contribution < -0.4 is 10.6 Å². The molecule has 0 spiro atoms. The van der Waals surface area contributed by atoms with Crippen LogP contribution in [0.25, 0.3) is 10.6 Å². The molecule has 24 heavy (non-hydrogen) atoms. The predicted molar refractivity (Wildman–Crippen MR) is 90.0 cm³/mol. The summed E-state index contributed by atoms with van der Waals surface area (Å²) in [6.45, 7) is 0. The lowest BCUT2D eigenvalue weighted by Crippen LogP contribution is -2.42. The summed E-state index contributed by atoms with van der Waals surface area (Å²) < 4.78 is 0. The summed E-state index contributed by atoms with van der Waals surface area (Å²) in [4.78, 5) is 27.8. The van der Waals surface area contributed by atoms with Crippen LogP contribution in [-0.2, 0) is 0 Å². The van der Waals surface area contributed by atoms with E-state index in [2.05, 4.69) is 15.6 Å². The third-order valence-electron chi connectivity index (χ3n) is 4.68. The van der Waals surface area contributed by atoms with Crippen molar-refractivity contribution < 1.29 is 9.72 Å². The molecule has 0 unspecified atom stereocenters. The maximum Gasteiger partial charge on any atom is 0.279 e. The Hall–Kier alpha value is -2.32. The smallest absolute Gasteiger partial charge is 0.279 e. The number of nitrogens with zero attached hydrogens (tertiary/aromatic N) is 2. The Balaban J connectivity index is 1.53. The first kappa shape index (κ1) is 15.2. The number of carbonyl (C=O) groups is 1. The van der Waals surface area contributed by atoms with E-state index in [4.69, 9.17) is 0 Å². The minimum atomic E-state index is -0.433. The highest BCUT2D eigenvalue weighted by molar-refractivity contribution is 7.17. The third-order valence-corrected chi connectivity index (χ3v) is 5.71. The SMILES string of the molecule is O=C(N[C@@H]1C[C@H]2CC[C@@H]1N2)c1cnc(-c2ccccc2[N+](=O)[O-])s1. The van der Waals surface area contributed by atoms with Crippen molar-refractivity contribution in [2.45, 2.75) is 37.4 Å². The fourth-order valence-electron chi connectivity index (χ4n) is 3.54. The topological polar surface area (TPSA) is 97.2 Å². The van der Waals surface area contributed by atoms with Crippen LogP contribution in [0, 0.1) is 10.1 Å². The number of para-hydroxylation sites is 1. The quantitative estimate of drug-likeness (QED) is 0.655. The van der Waals surface area contributed by atoms with Gasteiger partial charge >= 0.3 is 0 Å². The lowest BCUT2D eigenvalue weighted by molar-refractivity contribution is -0.384. The van der Waals surface area contributed by atoms with Gasteiger partial charge in [0.2, 0.25) is 0 Å². The highest BCUT2D eigenvalue weighted by atomic mass is 32.1. The predicted octanol–water partition coefficient (Wildman–Crippen LogP) is 2.34. The maximum atomic E-state index is 12.4. The minimum absolute atomic E-state index is 0.00360. The molecule has 0 radical (unpaired) electrons. The zero-order valence-electron chi connectivity index (χ0n) is 12.8. The Bertz CT molecular complexity index is 806. The van der Waals surface area contributed by atoms with Crippen molar-refractivity contribution in [1.82, 2.24) is 15.6 Å². The van der Waals surface area contributed by atoms with Crippen molar-refractivity contribution in [2.75, 3.05) is 0 Å². The summed E-state index contributed by atoms with van der Waals surface area (Å²) in [5.74, 6) is -0.156. The Morgan fingerprint density at radius 1 is 1.38 bits per heavy atom. The van der Waals surface area contributed by atoms with E-state index >= 15 is 0 Å². The lowest BCUT2D eigenvalue weighted by atomic mass is 9.95. The van der Waals surface area contributed by atoms with Crippen LogP contribution in [-0.4, -0.2) is 33.9 Å². The molecule has 2 aliphatic heterocycles. The molecule has 2 fully saturated rings. The second-order valence-electron chi connectivity index (χ2n) is 6.17. The van der Waals surface area contributed by atoms with E-state index in [0.29, 0.717) is 27.5 Å². The van der Waals surface area contributed by atoms with Crippen molar-refractivity contribution in [3.05, 3.63) is 45.5 Å². The molecule has 1 amide bonds. The number of nitro benzene ring substituents is 1. The van der Waals surface area contributed by atoms with Crippen molar-refractivity contribution in [3.8, 4) is 10.6 Å². The van der Waals surface area contributed by atoms with E-state index < -0.39 is 4.92 Å². The molecule has 1 aromatic heterocycles. The van der Waals surface area contributed by atoms with Gasteiger partial charge in [-0.1, -0.05) is 12.1 Å². The number of rotatable bonds is 4. The zero-order chi connectivity index (χ0) is 16.7. The second-order valence-corrected chi connectivity index (χ2v) is 7.20. The van der Waals surface area contributed by atoms with E-state index in [1.54, 1.807) is 18.2 Å². The summed E-state index contributed by atoms with van der Waals surface area (Å²) >= 11 is 1.18. The summed E-state index contributed by atoms with van der Waals surface area (Å²) in [7, 11) is 0. The van der Waals surface area contributed by atoms with Gasteiger partial charge in [-0.05, 0) is 25.3 Å². The molecule has 1 aromatic carbocycles. The van der Waals surface area contributed by atoms with Crippen LogP contribution in [0.3, 0.4) is 0 Å². The van der Waals surface area contributed by atoms with Crippen LogP contribution in [0.5, 0.6) is 0 Å². The summed E-state index contributed by atoms with van der Waals surface area (Å²) in [6.07, 6.45) is 4.73. The molecule has 0 saturated carbocycles. The molecule has 2 bridgehead atoms. The van der Waals surface area contributed by atoms with Crippen LogP contribution in [0.4, 0.5) is 5.69 Å². The first-order valence-corrected chi connectivity index (χ1v) is 8.70. The summed E-state index contributed by atoms with van der Waals surface area (Å²) in [5, 5.41) is 18.2. The van der Waals surface area contributed by atoms with E-state index in [-0.39, 0.29) is 17.6 Å². The van der Waals surface area contributed by atoms with Crippen LogP contribution in [0.2, 0.25) is 0 Å². The Kier molecular flexibility index (Phi) is 3.78. The Labute approximate surface area is 142 Å². The number of thiazole rings is 1. The Morgan fingerprint density at radius 2 is 2.21 bits per heavy atom. The average molecular weight is 344 g/mol. The molecule has 124 valence electrons. The molecule has 2 aromatic rings. The lowest BCUT2D eigenvalue weighted by Gasteiger charge is -2.20. The highest BCUT2D eigenvalue weighted by Crippen LogP contribution is 2.33. The molecule has 2 saturated heterocycles. The van der Waals surface area contributed by atoms with Crippen molar-refractivity contribution >= 4 is 22.9 Å². The van der Waals surface area contributed by atoms with Gasteiger partial charge in [0.15, 0.2) is 0 Å². The molecule has 4 rings (SSSR count). The molecule has 2 aliphatic rings. The fourth-order valence-corrected chi connectivity index (χ4v) is 4.39. The second kappa shape index (κ2) is 5.95. The van der Waals surface area contributed by atoms with E-state index in [0.717, 1.165) is 12.8 Å². The van der Waals surface area contributed by atoms with Crippen molar-refractivity contribution in [3.63, 3.8) is 0 Å². The maximum absolute atomic E-state index is 12.4. The molecule has 8 heteroatoms. The van der Waals surface area contributed by atoms with Gasteiger partial charge in [0.1, 0.15) is 9.88 Å². The number of benzene rings is 1. The number of fused-ring (bicyclic) bond motifs is 2. The Morgan fingerprint density at radius 3 is 2.92 bits per heavy atom. The van der Waals surface area contributed by atoms with E-state index in [1.807, 2.05) is 0 Å². The number of aromatic nitrogens is 1. The van der Waals surface area contributed by atoms with Crippen molar-refractivity contribution in [1.29, 1.82) is 0 Å². The minimum Gasteiger partial charge on any atom is -0.347 e. The number of nitro groups is 1. The normalized spacial score (nSPS) is 24.9. The highest BCUT2D eigenvalue weighted by Gasteiger charge is 2.39. The first-order valence-electron chi connectivity index (χ1n) is 7.88. The van der Waals surface area contributed by atoms with Gasteiger partial charge in [-0.15, -0.1) is 11.3 Å². The molecule has 7 nitrogen and oxygen atoms in total. The van der Waals surface area contributed by atoms with E-state index in [9.17, 15) is 14.9 Å². The van der Waals surface area contributed by atoms with Gasteiger partial charge in [-0.2, -0.15) is 0 Å². The molecular formula is C16H16N4O3S. The fraction of sp³-hybridized carbons (Fsp3) is 0.375. The monoisotopic (exact) mass is 344 g/mol. The first-order chi connectivity index (χ1) is 11.6. The number of amides is 1. The number of hydrogen-bond acceptors (Lipinski definition) is 6. The van der Waals surface area contributed by atoms with Gasteiger partial charge in [0, 0.05) is 24.2 Å². The van der Waals surface area contributed by atoms with Gasteiger partial charge in [0.25, 0.3) is 11.6 Å².